The summed E-state index contributed by atoms with van der Waals surface area (Å²) >= 11 is 10.7. The van der Waals surface area contributed by atoms with E-state index in [9.17, 15) is 0 Å². The molecule has 110 valence electrons. The lowest BCUT2D eigenvalue weighted by Crippen LogP contribution is -2.08. The van der Waals surface area contributed by atoms with Crippen molar-refractivity contribution in [2.45, 2.75) is 30.4 Å². The Labute approximate surface area is 138 Å². The highest BCUT2D eigenvalue weighted by atomic mass is 35.5. The number of thiophene rings is 1. The molecular formula is C17H17ClOS2. The summed E-state index contributed by atoms with van der Waals surface area (Å²) in [6, 6.07) is 8.76. The van der Waals surface area contributed by atoms with Gasteiger partial charge >= 0.3 is 0 Å². The highest BCUT2D eigenvalue weighted by Gasteiger charge is 2.20. The summed E-state index contributed by atoms with van der Waals surface area (Å²) < 4.78 is 5.69. The summed E-state index contributed by atoms with van der Waals surface area (Å²) in [5.41, 5.74) is 4.01. The molecule has 2 aromatic rings. The molecule has 2 aliphatic heterocycles. The van der Waals surface area contributed by atoms with Gasteiger partial charge in [0.15, 0.2) is 0 Å². The van der Waals surface area contributed by atoms with Gasteiger partial charge in [-0.2, -0.15) is 11.8 Å². The lowest BCUT2D eigenvalue weighted by atomic mass is 10.0. The number of fused-ring (bicyclic) bond motifs is 2. The zero-order valence-electron chi connectivity index (χ0n) is 11.7. The van der Waals surface area contributed by atoms with Gasteiger partial charge in [0.2, 0.25) is 0 Å². The van der Waals surface area contributed by atoms with Crippen LogP contribution in [0.25, 0.3) is 0 Å². The summed E-state index contributed by atoms with van der Waals surface area (Å²) in [5.74, 6) is 3.43. The van der Waals surface area contributed by atoms with Crippen molar-refractivity contribution in [3.05, 3.63) is 50.7 Å². The molecule has 1 aromatic carbocycles. The fourth-order valence-corrected chi connectivity index (χ4v) is 5.71. The Bertz CT molecular complexity index is 641. The third-order valence-electron chi connectivity index (χ3n) is 4.12. The van der Waals surface area contributed by atoms with Gasteiger partial charge in [-0.15, -0.1) is 22.9 Å². The molecule has 1 aromatic heterocycles. The first-order valence-electron chi connectivity index (χ1n) is 7.40. The van der Waals surface area contributed by atoms with Gasteiger partial charge in [0, 0.05) is 15.5 Å². The molecular weight excluding hydrogens is 320 g/mol. The van der Waals surface area contributed by atoms with Crippen molar-refractivity contribution in [2.24, 2.45) is 0 Å². The van der Waals surface area contributed by atoms with Crippen molar-refractivity contribution in [3.8, 4) is 5.75 Å². The molecule has 1 atom stereocenters. The first-order chi connectivity index (χ1) is 10.3. The maximum absolute atomic E-state index is 6.76. The van der Waals surface area contributed by atoms with Gasteiger partial charge in [-0.25, -0.2) is 0 Å². The second-order valence-corrected chi connectivity index (χ2v) is 8.29. The zero-order valence-corrected chi connectivity index (χ0v) is 14.1. The summed E-state index contributed by atoms with van der Waals surface area (Å²) in [5, 5.41) is -0.0298. The van der Waals surface area contributed by atoms with Gasteiger partial charge < -0.3 is 4.74 Å². The van der Waals surface area contributed by atoms with Crippen molar-refractivity contribution < 1.29 is 4.74 Å². The molecule has 1 nitrogen and oxygen atoms in total. The predicted octanol–water partition coefficient (Wildman–Crippen LogP) is 5.19. The first kappa shape index (κ1) is 14.0. The van der Waals surface area contributed by atoms with E-state index in [2.05, 4.69) is 24.3 Å². The topological polar surface area (TPSA) is 9.23 Å². The number of benzene rings is 1. The predicted molar refractivity (Wildman–Crippen MR) is 92.1 cm³/mol. The number of alkyl halides is 1. The SMILES string of the molecule is ClC(c1ccc2c(c1)CCCO2)c1cc2c(s1)CCSC2. The van der Waals surface area contributed by atoms with Gasteiger partial charge in [-0.1, -0.05) is 12.1 Å². The van der Waals surface area contributed by atoms with Crippen molar-refractivity contribution in [1.82, 2.24) is 0 Å². The van der Waals surface area contributed by atoms with E-state index in [0.717, 1.165) is 31.0 Å². The molecule has 0 radical (unpaired) electrons. The van der Waals surface area contributed by atoms with Crippen molar-refractivity contribution in [1.29, 1.82) is 0 Å². The van der Waals surface area contributed by atoms with Crippen LogP contribution in [-0.2, 0) is 18.6 Å². The zero-order chi connectivity index (χ0) is 14.2. The number of halogens is 1. The van der Waals surface area contributed by atoms with Crippen LogP contribution >= 0.6 is 34.7 Å². The van der Waals surface area contributed by atoms with E-state index in [1.165, 1.54) is 38.6 Å². The molecule has 0 spiro atoms. The van der Waals surface area contributed by atoms with E-state index in [1.807, 2.05) is 23.1 Å². The van der Waals surface area contributed by atoms with Crippen LogP contribution in [0.3, 0.4) is 0 Å². The Balaban J connectivity index is 1.64. The Morgan fingerprint density at radius 3 is 3.00 bits per heavy atom. The van der Waals surface area contributed by atoms with Crippen molar-refractivity contribution >= 4 is 34.7 Å². The highest BCUT2D eigenvalue weighted by Crippen LogP contribution is 2.40. The van der Waals surface area contributed by atoms with E-state index >= 15 is 0 Å². The van der Waals surface area contributed by atoms with Crippen molar-refractivity contribution in [3.63, 3.8) is 0 Å². The van der Waals surface area contributed by atoms with Gasteiger partial charge in [0.25, 0.3) is 0 Å². The first-order valence-corrected chi connectivity index (χ1v) is 9.81. The lowest BCUT2D eigenvalue weighted by molar-refractivity contribution is 0.288. The van der Waals surface area contributed by atoms with E-state index < -0.39 is 0 Å². The summed E-state index contributed by atoms with van der Waals surface area (Å²) in [6.07, 6.45) is 3.41. The third-order valence-corrected chi connectivity index (χ3v) is 7.05. The van der Waals surface area contributed by atoms with E-state index in [4.69, 9.17) is 16.3 Å². The molecule has 0 N–H and O–H groups in total. The monoisotopic (exact) mass is 336 g/mol. The average molecular weight is 337 g/mol. The molecule has 0 aliphatic carbocycles. The standard InChI is InChI=1S/C17H17ClOS2/c18-17(16-9-13-10-20-7-5-15(13)21-16)12-3-4-14-11(8-12)2-1-6-19-14/h3-4,8-9,17H,1-2,5-7,10H2. The largest absolute Gasteiger partial charge is 0.493 e. The molecule has 0 fully saturated rings. The Morgan fingerprint density at radius 2 is 2.10 bits per heavy atom. The van der Waals surface area contributed by atoms with Crippen LogP contribution in [0.2, 0.25) is 0 Å². The molecule has 21 heavy (non-hydrogen) atoms. The molecule has 4 heteroatoms. The summed E-state index contributed by atoms with van der Waals surface area (Å²) in [6.45, 7) is 0.839. The van der Waals surface area contributed by atoms with Crippen LogP contribution in [0, 0.1) is 0 Å². The second-order valence-electron chi connectivity index (χ2n) is 5.58. The van der Waals surface area contributed by atoms with Crippen LogP contribution in [0.1, 0.15) is 38.2 Å². The van der Waals surface area contributed by atoms with Crippen LogP contribution in [0.5, 0.6) is 5.75 Å². The van der Waals surface area contributed by atoms with Gasteiger partial charge in [-0.3, -0.25) is 0 Å². The molecule has 0 saturated heterocycles. The maximum Gasteiger partial charge on any atom is 0.122 e. The average Bonchev–Trinajstić information content (AvgIpc) is 2.97. The van der Waals surface area contributed by atoms with E-state index in [0.29, 0.717) is 0 Å². The van der Waals surface area contributed by atoms with Gasteiger partial charge in [0.05, 0.1) is 12.0 Å². The minimum atomic E-state index is -0.0298. The van der Waals surface area contributed by atoms with E-state index in [-0.39, 0.29) is 5.38 Å². The van der Waals surface area contributed by atoms with E-state index in [1.54, 1.807) is 0 Å². The molecule has 0 bridgehead atoms. The Kier molecular flexibility index (Phi) is 3.91. The maximum atomic E-state index is 6.76. The summed E-state index contributed by atoms with van der Waals surface area (Å²) in [4.78, 5) is 2.83. The fraction of sp³-hybridized carbons (Fsp3) is 0.412. The minimum Gasteiger partial charge on any atom is -0.493 e. The molecule has 1 unspecified atom stereocenters. The third kappa shape index (κ3) is 2.71. The number of thioether (sulfide) groups is 1. The highest BCUT2D eigenvalue weighted by molar-refractivity contribution is 7.98. The van der Waals surface area contributed by atoms with Gasteiger partial charge in [-0.05, 0) is 53.8 Å². The van der Waals surface area contributed by atoms with Crippen LogP contribution in [-0.4, -0.2) is 12.4 Å². The number of aryl methyl sites for hydroxylation is 2. The molecule has 2 aliphatic rings. The second kappa shape index (κ2) is 5.86. The quantitative estimate of drug-likeness (QED) is 0.698. The van der Waals surface area contributed by atoms with Crippen molar-refractivity contribution in [2.75, 3.05) is 12.4 Å². The molecule has 4 rings (SSSR count). The minimum absolute atomic E-state index is 0.0298. The lowest BCUT2D eigenvalue weighted by Gasteiger charge is -2.19. The van der Waals surface area contributed by atoms with Crippen LogP contribution in [0.4, 0.5) is 0 Å². The number of hydrogen-bond acceptors (Lipinski definition) is 3. The normalized spacial score (nSPS) is 18.5. The Morgan fingerprint density at radius 1 is 1.14 bits per heavy atom. The summed E-state index contributed by atoms with van der Waals surface area (Å²) in [7, 11) is 0. The smallest absolute Gasteiger partial charge is 0.122 e. The van der Waals surface area contributed by atoms with Crippen LogP contribution in [0.15, 0.2) is 24.3 Å². The van der Waals surface area contributed by atoms with Crippen LogP contribution < -0.4 is 4.74 Å². The molecule has 0 amide bonds. The molecule has 0 saturated carbocycles. The fourth-order valence-electron chi connectivity index (χ4n) is 3.00. The Hall–Kier alpha value is -0.640. The number of ether oxygens (including phenoxy) is 1. The molecule has 3 heterocycles. The number of hydrogen-bond donors (Lipinski definition) is 0. The van der Waals surface area contributed by atoms with Gasteiger partial charge in [0.1, 0.15) is 5.75 Å². The number of rotatable bonds is 2.